The molecule has 0 saturated carbocycles. The average Bonchev–Trinajstić information content (AvgIpc) is 3.12. The van der Waals surface area contributed by atoms with Gasteiger partial charge in [-0.05, 0) is 54.1 Å². The van der Waals surface area contributed by atoms with Crippen molar-refractivity contribution in [2.75, 3.05) is 24.0 Å². The molecule has 0 spiro atoms. The average molecular weight is 461 g/mol. The van der Waals surface area contributed by atoms with Gasteiger partial charge in [-0.2, -0.15) is 0 Å². The molecule has 2 N–H and O–H groups in total. The molecule has 172 valence electrons. The van der Waals surface area contributed by atoms with Gasteiger partial charge in [-0.15, -0.1) is 0 Å². The fraction of sp³-hybridized carbons (Fsp3) is 0.0800. The van der Waals surface area contributed by atoms with Crippen LogP contribution in [0, 0.1) is 5.82 Å². The van der Waals surface area contributed by atoms with Crippen LogP contribution in [0.25, 0.3) is 6.08 Å². The lowest BCUT2D eigenvalue weighted by Gasteiger charge is -2.14. The van der Waals surface area contributed by atoms with Crippen molar-refractivity contribution >= 4 is 35.2 Å². The quantitative estimate of drug-likeness (QED) is 0.416. The molecule has 0 atom stereocenters. The third kappa shape index (κ3) is 5.04. The number of hydrazine groups is 1. The number of rotatable bonds is 7. The summed E-state index contributed by atoms with van der Waals surface area (Å²) in [6.45, 7) is -0.333. The third-order valence-electron chi connectivity index (χ3n) is 4.87. The summed E-state index contributed by atoms with van der Waals surface area (Å²) >= 11 is 0. The Labute approximate surface area is 194 Å². The van der Waals surface area contributed by atoms with Crippen LogP contribution < -0.4 is 25.2 Å². The zero-order chi connectivity index (χ0) is 24.1. The van der Waals surface area contributed by atoms with Crippen LogP contribution in [-0.2, 0) is 14.4 Å². The molecule has 0 radical (unpaired) electrons. The van der Waals surface area contributed by atoms with E-state index in [1.807, 2.05) is 6.07 Å². The van der Waals surface area contributed by atoms with Crippen LogP contribution >= 0.6 is 0 Å². The Morgan fingerprint density at radius 2 is 1.82 bits per heavy atom. The lowest BCUT2D eigenvalue weighted by Crippen LogP contribution is -2.35. The number of anilines is 2. The third-order valence-corrected chi connectivity index (χ3v) is 4.87. The molecule has 3 amide bonds. The fourth-order valence-corrected chi connectivity index (χ4v) is 3.28. The first-order valence-electron chi connectivity index (χ1n) is 10.2. The number of nitrogens with zero attached hydrogens (tertiary/aromatic N) is 1. The molecule has 3 aromatic rings. The maximum Gasteiger partial charge on any atom is 0.282 e. The van der Waals surface area contributed by atoms with E-state index >= 15 is 0 Å². The van der Waals surface area contributed by atoms with Gasteiger partial charge in [0.15, 0.2) is 18.1 Å². The number of carbonyl (C=O) groups excluding carboxylic acids is 3. The van der Waals surface area contributed by atoms with Gasteiger partial charge in [0, 0.05) is 5.69 Å². The van der Waals surface area contributed by atoms with Gasteiger partial charge in [0.2, 0.25) is 0 Å². The van der Waals surface area contributed by atoms with E-state index < -0.39 is 23.5 Å². The minimum atomic E-state index is -0.526. The Hall–Kier alpha value is -4.66. The minimum absolute atomic E-state index is 0.0333. The molecule has 1 aliphatic rings. The van der Waals surface area contributed by atoms with E-state index in [9.17, 15) is 18.8 Å². The first kappa shape index (κ1) is 22.5. The van der Waals surface area contributed by atoms with E-state index in [4.69, 9.17) is 9.47 Å². The van der Waals surface area contributed by atoms with E-state index in [0.717, 1.165) is 0 Å². The van der Waals surface area contributed by atoms with Crippen LogP contribution in [0.4, 0.5) is 15.8 Å². The minimum Gasteiger partial charge on any atom is -0.493 e. The molecule has 3 aromatic carbocycles. The second kappa shape index (κ2) is 9.86. The normalized spacial score (nSPS) is 14.2. The number of ether oxygens (including phenoxy) is 2. The molecule has 0 unspecified atom stereocenters. The van der Waals surface area contributed by atoms with Crippen molar-refractivity contribution in [3.05, 3.63) is 89.8 Å². The van der Waals surface area contributed by atoms with E-state index in [2.05, 4.69) is 10.7 Å². The summed E-state index contributed by atoms with van der Waals surface area (Å²) in [5.74, 6) is -1.36. The molecule has 0 aromatic heterocycles. The maximum atomic E-state index is 13.3. The highest BCUT2D eigenvalue weighted by molar-refractivity contribution is 6.31. The largest absolute Gasteiger partial charge is 0.493 e. The smallest absolute Gasteiger partial charge is 0.282 e. The van der Waals surface area contributed by atoms with E-state index in [1.54, 1.807) is 48.5 Å². The molecule has 9 heteroatoms. The van der Waals surface area contributed by atoms with Crippen LogP contribution in [-0.4, -0.2) is 31.4 Å². The number of halogens is 1. The van der Waals surface area contributed by atoms with Gasteiger partial charge in [-0.25, -0.2) is 9.40 Å². The summed E-state index contributed by atoms with van der Waals surface area (Å²) in [5, 5.41) is 3.72. The highest BCUT2D eigenvalue weighted by atomic mass is 19.1. The Balaban J connectivity index is 1.45. The second-order valence-electron chi connectivity index (χ2n) is 7.23. The number of hydrogen-bond donors (Lipinski definition) is 2. The molecule has 1 fully saturated rings. The van der Waals surface area contributed by atoms with Crippen molar-refractivity contribution in [3.63, 3.8) is 0 Å². The van der Waals surface area contributed by atoms with Crippen molar-refractivity contribution in [2.24, 2.45) is 0 Å². The summed E-state index contributed by atoms with van der Waals surface area (Å²) in [6.07, 6.45) is 1.45. The summed E-state index contributed by atoms with van der Waals surface area (Å²) in [4.78, 5) is 37.2. The first-order chi connectivity index (χ1) is 16.4. The van der Waals surface area contributed by atoms with Crippen molar-refractivity contribution in [1.29, 1.82) is 0 Å². The predicted octanol–water partition coefficient (Wildman–Crippen LogP) is 3.31. The zero-order valence-electron chi connectivity index (χ0n) is 18.1. The number of nitrogens with one attached hydrogen (secondary N) is 2. The topological polar surface area (TPSA) is 97.0 Å². The predicted molar refractivity (Wildman–Crippen MR) is 124 cm³/mol. The highest BCUT2D eigenvalue weighted by Crippen LogP contribution is 2.30. The highest BCUT2D eigenvalue weighted by Gasteiger charge is 2.34. The van der Waals surface area contributed by atoms with Crippen LogP contribution in [0.15, 0.2) is 78.4 Å². The monoisotopic (exact) mass is 461 g/mol. The van der Waals surface area contributed by atoms with Gasteiger partial charge >= 0.3 is 0 Å². The Bertz CT molecular complexity index is 1280. The number of hydrogen-bond acceptors (Lipinski definition) is 5. The summed E-state index contributed by atoms with van der Waals surface area (Å²) in [5.41, 5.74) is 3.89. The van der Waals surface area contributed by atoms with Crippen molar-refractivity contribution < 1.29 is 28.2 Å². The summed E-state index contributed by atoms with van der Waals surface area (Å²) < 4.78 is 24.1. The van der Waals surface area contributed by atoms with Gasteiger partial charge < -0.3 is 14.8 Å². The molecule has 34 heavy (non-hydrogen) atoms. The Kier molecular flexibility index (Phi) is 6.54. The van der Waals surface area contributed by atoms with Gasteiger partial charge in [-0.1, -0.05) is 30.3 Å². The molecule has 4 rings (SSSR count). The number of amides is 3. The van der Waals surface area contributed by atoms with Crippen molar-refractivity contribution in [1.82, 2.24) is 5.43 Å². The molecular formula is C25H20FN3O5. The molecule has 0 aliphatic carbocycles. The molecule has 1 aliphatic heterocycles. The lowest BCUT2D eigenvalue weighted by molar-refractivity contribution is -0.118. The number of methoxy groups -OCH3 is 1. The van der Waals surface area contributed by atoms with Gasteiger partial charge in [0.05, 0.1) is 12.8 Å². The number of para-hydroxylation sites is 1. The summed E-state index contributed by atoms with van der Waals surface area (Å²) in [6, 6.07) is 19.0. The fourth-order valence-electron chi connectivity index (χ4n) is 3.28. The lowest BCUT2D eigenvalue weighted by atomic mass is 10.1. The van der Waals surface area contributed by atoms with Gasteiger partial charge in [-0.3, -0.25) is 19.8 Å². The molecular weight excluding hydrogens is 441 g/mol. The van der Waals surface area contributed by atoms with E-state index in [-0.39, 0.29) is 17.9 Å². The Morgan fingerprint density at radius 1 is 1.03 bits per heavy atom. The molecule has 0 bridgehead atoms. The maximum absolute atomic E-state index is 13.3. The van der Waals surface area contributed by atoms with E-state index in [0.29, 0.717) is 22.7 Å². The van der Waals surface area contributed by atoms with Crippen molar-refractivity contribution in [3.8, 4) is 11.5 Å². The van der Waals surface area contributed by atoms with Crippen LogP contribution in [0.5, 0.6) is 11.5 Å². The molecule has 1 heterocycles. The molecule has 8 nitrogen and oxygen atoms in total. The summed E-state index contributed by atoms with van der Waals surface area (Å²) in [7, 11) is 1.43. The SMILES string of the molecule is COc1cc(C=C2C(=O)NN(c3ccccc3)C2=O)ccc1OCC(=O)Nc1cccc(F)c1. The standard InChI is InChI=1S/C25H20FN3O5/c1-33-22-13-16(12-20-24(31)28-29(25(20)32)19-8-3-2-4-9-19)10-11-21(22)34-15-23(30)27-18-7-5-6-17(26)14-18/h2-14H,15H2,1H3,(H,27,30)(H,28,31). The first-order valence-corrected chi connectivity index (χ1v) is 10.2. The van der Waals surface area contributed by atoms with E-state index in [1.165, 1.54) is 36.4 Å². The van der Waals surface area contributed by atoms with Crippen LogP contribution in [0.2, 0.25) is 0 Å². The van der Waals surface area contributed by atoms with Crippen LogP contribution in [0.1, 0.15) is 5.56 Å². The van der Waals surface area contributed by atoms with Gasteiger partial charge in [0.25, 0.3) is 17.7 Å². The Morgan fingerprint density at radius 3 is 2.56 bits per heavy atom. The second-order valence-corrected chi connectivity index (χ2v) is 7.23. The number of carbonyl (C=O) groups is 3. The van der Waals surface area contributed by atoms with Crippen LogP contribution in [0.3, 0.4) is 0 Å². The zero-order valence-corrected chi connectivity index (χ0v) is 18.1. The molecule has 1 saturated heterocycles. The number of benzene rings is 3. The van der Waals surface area contributed by atoms with Gasteiger partial charge in [0.1, 0.15) is 11.4 Å². The van der Waals surface area contributed by atoms with Crippen molar-refractivity contribution in [2.45, 2.75) is 0 Å².